The van der Waals surface area contributed by atoms with Crippen LogP contribution in [0.1, 0.15) is 13.3 Å². The van der Waals surface area contributed by atoms with Crippen LogP contribution in [0, 0.1) is 0 Å². The van der Waals surface area contributed by atoms with Gasteiger partial charge in [0.05, 0.1) is 12.2 Å². The second kappa shape index (κ2) is 5.39. The maximum Gasteiger partial charge on any atom is 0.239 e. The molecule has 0 aromatic carbocycles. The lowest BCUT2D eigenvalue weighted by Crippen LogP contribution is -2.35. The molecule has 0 saturated heterocycles. The van der Waals surface area contributed by atoms with E-state index >= 15 is 0 Å². The van der Waals surface area contributed by atoms with Crippen LogP contribution in [-0.4, -0.2) is 35.8 Å². The lowest BCUT2D eigenvalue weighted by Gasteiger charge is -2.16. The van der Waals surface area contributed by atoms with E-state index in [1.807, 2.05) is 6.92 Å². The Morgan fingerprint density at radius 2 is 2.38 bits per heavy atom. The molecule has 3 N–H and O–H groups in total. The smallest absolute Gasteiger partial charge is 0.239 e. The molecule has 6 heteroatoms. The summed E-state index contributed by atoms with van der Waals surface area (Å²) >= 11 is 0. The van der Waals surface area contributed by atoms with E-state index in [1.165, 1.54) is 0 Å². The van der Waals surface area contributed by atoms with Crippen molar-refractivity contribution in [2.24, 2.45) is 7.05 Å². The molecule has 16 heavy (non-hydrogen) atoms. The molecule has 1 rings (SSSR count). The predicted octanol–water partition coefficient (Wildman–Crippen LogP) is -0.0353. The highest BCUT2D eigenvalue weighted by atomic mass is 16.2. The topological polar surface area (TPSA) is 76.2 Å². The van der Waals surface area contributed by atoms with Gasteiger partial charge in [0.25, 0.3) is 0 Å². The summed E-state index contributed by atoms with van der Waals surface area (Å²) < 4.78 is 1.63. The molecule has 0 radical (unpaired) electrons. The second-order valence-corrected chi connectivity index (χ2v) is 3.79. The van der Waals surface area contributed by atoms with Gasteiger partial charge >= 0.3 is 0 Å². The van der Waals surface area contributed by atoms with Crippen molar-refractivity contribution in [3.63, 3.8) is 0 Å². The maximum atomic E-state index is 11.5. The molecule has 0 aliphatic heterocycles. The van der Waals surface area contributed by atoms with E-state index in [1.54, 1.807) is 29.9 Å². The highest BCUT2D eigenvalue weighted by Gasteiger charge is 2.12. The van der Waals surface area contributed by atoms with Crippen LogP contribution in [0.2, 0.25) is 0 Å². The number of nitrogens with two attached hydrogens (primary N) is 1. The normalized spacial score (nSPS) is 10.2. The lowest BCUT2D eigenvalue weighted by molar-refractivity contribution is -0.119. The first kappa shape index (κ1) is 12.4. The molecule has 0 bridgehead atoms. The van der Waals surface area contributed by atoms with Crippen molar-refractivity contribution < 1.29 is 4.79 Å². The van der Waals surface area contributed by atoms with E-state index in [0.29, 0.717) is 18.1 Å². The fourth-order valence-corrected chi connectivity index (χ4v) is 1.40. The molecule has 1 aromatic rings. The van der Waals surface area contributed by atoms with Gasteiger partial charge in [0.2, 0.25) is 5.91 Å². The zero-order chi connectivity index (χ0) is 12.1. The van der Waals surface area contributed by atoms with Crippen LogP contribution >= 0.6 is 0 Å². The molecule has 0 aliphatic carbocycles. The van der Waals surface area contributed by atoms with Crippen LogP contribution in [0.4, 0.5) is 11.5 Å². The quantitative estimate of drug-likeness (QED) is 0.737. The molecule has 0 spiro atoms. The van der Waals surface area contributed by atoms with Gasteiger partial charge in [-0.15, -0.1) is 0 Å². The molecule has 1 aromatic heterocycles. The molecular weight excluding hydrogens is 206 g/mol. The molecule has 90 valence electrons. The number of anilines is 2. The number of carbonyl (C=O) groups excluding carboxylic acids is 1. The summed E-state index contributed by atoms with van der Waals surface area (Å²) in [4.78, 5) is 13.2. The molecular formula is C10H19N5O. The Balaban J connectivity index is 2.55. The van der Waals surface area contributed by atoms with E-state index in [2.05, 4.69) is 10.4 Å². The fourth-order valence-electron chi connectivity index (χ4n) is 1.40. The molecule has 0 saturated carbocycles. The minimum Gasteiger partial charge on any atom is -0.394 e. The van der Waals surface area contributed by atoms with Crippen LogP contribution in [0.5, 0.6) is 0 Å². The molecule has 0 unspecified atom stereocenters. The minimum absolute atomic E-state index is 0.0191. The molecule has 0 fully saturated rings. The first-order valence-corrected chi connectivity index (χ1v) is 5.31. The lowest BCUT2D eigenvalue weighted by atomic mass is 10.4. The Hall–Kier alpha value is -1.72. The fraction of sp³-hybridized carbons (Fsp3) is 0.600. The van der Waals surface area contributed by atoms with Crippen molar-refractivity contribution in [2.45, 2.75) is 13.3 Å². The van der Waals surface area contributed by atoms with Gasteiger partial charge in [-0.05, 0) is 6.42 Å². The largest absolute Gasteiger partial charge is 0.394 e. The number of nitrogen functional groups attached to an aromatic ring is 1. The summed E-state index contributed by atoms with van der Waals surface area (Å²) in [6.45, 7) is 2.98. The van der Waals surface area contributed by atoms with Crippen molar-refractivity contribution in [2.75, 3.05) is 30.8 Å². The average molecular weight is 225 g/mol. The number of nitrogens with zero attached hydrogens (tertiary/aromatic N) is 3. The number of rotatable bonds is 5. The van der Waals surface area contributed by atoms with Gasteiger partial charge in [0.15, 0.2) is 5.82 Å². The van der Waals surface area contributed by atoms with Crippen LogP contribution in [0.3, 0.4) is 0 Å². The van der Waals surface area contributed by atoms with E-state index in [-0.39, 0.29) is 12.5 Å². The number of carbonyl (C=O) groups is 1. The second-order valence-electron chi connectivity index (χ2n) is 3.79. The highest BCUT2D eigenvalue weighted by molar-refractivity contribution is 5.81. The molecule has 1 amide bonds. The molecule has 0 atom stereocenters. The molecule has 0 aliphatic rings. The van der Waals surface area contributed by atoms with Crippen molar-refractivity contribution >= 4 is 17.4 Å². The summed E-state index contributed by atoms with van der Waals surface area (Å²) in [5, 5.41) is 6.98. The molecule has 1 heterocycles. The predicted molar refractivity (Wildman–Crippen MR) is 64.2 cm³/mol. The van der Waals surface area contributed by atoms with Gasteiger partial charge in [-0.2, -0.15) is 5.10 Å². The van der Waals surface area contributed by atoms with E-state index in [4.69, 9.17) is 5.73 Å². The Morgan fingerprint density at radius 3 is 2.88 bits per heavy atom. The summed E-state index contributed by atoms with van der Waals surface area (Å²) in [7, 11) is 3.59. The van der Waals surface area contributed by atoms with Crippen LogP contribution in [0.15, 0.2) is 6.20 Å². The van der Waals surface area contributed by atoms with Gasteiger partial charge in [0.1, 0.15) is 0 Å². The number of hydrogen-bond acceptors (Lipinski definition) is 4. The summed E-state index contributed by atoms with van der Waals surface area (Å²) in [5.74, 6) is 0.614. The zero-order valence-corrected chi connectivity index (χ0v) is 10.0. The Morgan fingerprint density at radius 1 is 1.69 bits per heavy atom. The number of nitrogens with one attached hydrogen (secondary N) is 1. The van der Waals surface area contributed by atoms with Gasteiger partial charge in [-0.3, -0.25) is 9.48 Å². The average Bonchev–Trinajstić information content (AvgIpc) is 2.54. The van der Waals surface area contributed by atoms with Crippen LogP contribution in [-0.2, 0) is 11.8 Å². The first-order chi connectivity index (χ1) is 7.54. The van der Waals surface area contributed by atoms with E-state index in [0.717, 1.165) is 6.42 Å². The van der Waals surface area contributed by atoms with Gasteiger partial charge in [0, 0.05) is 26.8 Å². The Labute approximate surface area is 95.4 Å². The first-order valence-electron chi connectivity index (χ1n) is 5.31. The van der Waals surface area contributed by atoms with Crippen molar-refractivity contribution in [1.29, 1.82) is 0 Å². The van der Waals surface area contributed by atoms with Gasteiger partial charge in [-0.25, -0.2) is 0 Å². The van der Waals surface area contributed by atoms with Gasteiger partial charge < -0.3 is 16.0 Å². The Kier molecular flexibility index (Phi) is 4.16. The van der Waals surface area contributed by atoms with E-state index < -0.39 is 0 Å². The zero-order valence-electron chi connectivity index (χ0n) is 10.0. The number of likely N-dealkylation sites (N-methyl/N-ethyl adjacent to an activating group) is 1. The molecule has 6 nitrogen and oxygen atoms in total. The third-order valence-electron chi connectivity index (χ3n) is 2.15. The SMILES string of the molecule is CCCNC(=O)CN(C)c1nn(C)cc1N. The Bertz CT molecular complexity index is 360. The van der Waals surface area contributed by atoms with Crippen molar-refractivity contribution in [3.8, 4) is 0 Å². The number of aryl methyl sites for hydroxylation is 1. The third-order valence-corrected chi connectivity index (χ3v) is 2.15. The van der Waals surface area contributed by atoms with E-state index in [9.17, 15) is 4.79 Å². The summed E-state index contributed by atoms with van der Waals surface area (Å²) in [6, 6.07) is 0. The monoisotopic (exact) mass is 225 g/mol. The number of hydrogen-bond donors (Lipinski definition) is 2. The maximum absolute atomic E-state index is 11.5. The summed E-state index contributed by atoms with van der Waals surface area (Å²) in [5.41, 5.74) is 6.34. The van der Waals surface area contributed by atoms with Gasteiger partial charge in [-0.1, -0.05) is 6.92 Å². The number of amides is 1. The van der Waals surface area contributed by atoms with Crippen molar-refractivity contribution in [3.05, 3.63) is 6.20 Å². The van der Waals surface area contributed by atoms with Crippen LogP contribution < -0.4 is 16.0 Å². The summed E-state index contributed by atoms with van der Waals surface area (Å²) in [6.07, 6.45) is 2.65. The van der Waals surface area contributed by atoms with Crippen molar-refractivity contribution in [1.82, 2.24) is 15.1 Å². The standard InChI is InChI=1S/C10H19N5O/c1-4-5-12-9(16)7-14(2)10-8(11)6-15(3)13-10/h6H,4-5,7,11H2,1-3H3,(H,12,16). The highest BCUT2D eigenvalue weighted by Crippen LogP contribution is 2.17. The van der Waals surface area contributed by atoms with Crippen LogP contribution in [0.25, 0.3) is 0 Å². The minimum atomic E-state index is -0.0191. The third kappa shape index (κ3) is 3.15. The number of aromatic nitrogens is 2.